The van der Waals surface area contributed by atoms with Gasteiger partial charge < -0.3 is 4.90 Å². The van der Waals surface area contributed by atoms with Crippen molar-refractivity contribution in [2.45, 2.75) is 9.96 Å². The Bertz CT molecular complexity index is 1260. The molecular formula is C24H17Br2Cl3N4O2. The van der Waals surface area contributed by atoms with Gasteiger partial charge in [-0.15, -0.1) is 0 Å². The molecule has 1 heterocycles. The molecule has 3 aromatic carbocycles. The summed E-state index contributed by atoms with van der Waals surface area (Å²) < 4.78 is -0.591. The van der Waals surface area contributed by atoms with Gasteiger partial charge in [-0.2, -0.15) is 0 Å². The lowest BCUT2D eigenvalue weighted by Gasteiger charge is -2.36. The van der Waals surface area contributed by atoms with Crippen molar-refractivity contribution in [3.8, 4) is 0 Å². The van der Waals surface area contributed by atoms with Gasteiger partial charge in [-0.3, -0.25) is 9.69 Å². The molecule has 0 spiro atoms. The van der Waals surface area contributed by atoms with Crippen LogP contribution in [0.3, 0.4) is 0 Å². The fourth-order valence-electron chi connectivity index (χ4n) is 3.58. The monoisotopic (exact) mass is 656 g/mol. The highest BCUT2D eigenvalue weighted by atomic mass is 79.9. The Balaban J connectivity index is 1.97. The molecule has 3 aromatic rings. The Kier molecular flexibility index (Phi) is 7.78. The standard InChI is InChI=1S/C24H17Br2Cl3N4O2/c1-31-21(34)20(32(23(31)35)15-9-3-2-4-10-15)30-22(24(27,28)29)33(18-13-7-5-11-16(18)25)19-14-8-6-12-17(19)26/h2-14,22H,1H3. The SMILES string of the molecule is CN1C(=O)C(=NC(N(c2ccccc2Br)c2ccccc2Br)C(Cl)(Cl)Cl)N(c2ccccc2)C1=O. The van der Waals surface area contributed by atoms with Crippen LogP contribution in [0.2, 0.25) is 0 Å². The van der Waals surface area contributed by atoms with Gasteiger partial charge in [0.05, 0.1) is 17.1 Å². The summed E-state index contributed by atoms with van der Waals surface area (Å²) in [5.41, 5.74) is 1.73. The van der Waals surface area contributed by atoms with Crippen LogP contribution in [-0.4, -0.2) is 39.7 Å². The van der Waals surface area contributed by atoms with Crippen LogP contribution in [0, 0.1) is 0 Å². The Morgan fingerprint density at radius 2 is 1.31 bits per heavy atom. The van der Waals surface area contributed by atoms with E-state index in [-0.39, 0.29) is 5.84 Å². The third kappa shape index (κ3) is 5.22. The molecule has 1 aliphatic rings. The number of alkyl halides is 3. The van der Waals surface area contributed by atoms with E-state index in [2.05, 4.69) is 36.9 Å². The van der Waals surface area contributed by atoms with Crippen LogP contribution in [-0.2, 0) is 4.79 Å². The number of amides is 3. The number of carbonyl (C=O) groups excluding carboxylic acids is 2. The summed E-state index contributed by atoms with van der Waals surface area (Å²) in [6.45, 7) is 0. The zero-order valence-electron chi connectivity index (χ0n) is 18.1. The number of hydrogen-bond donors (Lipinski definition) is 0. The van der Waals surface area contributed by atoms with E-state index in [1.165, 1.54) is 11.9 Å². The maximum atomic E-state index is 13.2. The minimum absolute atomic E-state index is 0.163. The highest BCUT2D eigenvalue weighted by Crippen LogP contribution is 2.45. The van der Waals surface area contributed by atoms with Gasteiger partial charge in [0, 0.05) is 16.0 Å². The second kappa shape index (κ2) is 10.5. The summed E-state index contributed by atoms with van der Waals surface area (Å²) in [4.78, 5) is 34.7. The van der Waals surface area contributed by atoms with Crippen LogP contribution in [0.1, 0.15) is 0 Å². The van der Waals surface area contributed by atoms with E-state index in [1.54, 1.807) is 35.2 Å². The van der Waals surface area contributed by atoms with Crippen LogP contribution in [0.5, 0.6) is 0 Å². The summed E-state index contributed by atoms with van der Waals surface area (Å²) in [7, 11) is 1.38. The zero-order valence-corrected chi connectivity index (χ0v) is 23.5. The third-order valence-electron chi connectivity index (χ3n) is 5.21. The maximum absolute atomic E-state index is 13.2. The molecule has 1 atom stereocenters. The van der Waals surface area contributed by atoms with Crippen LogP contribution in [0.15, 0.2) is 92.8 Å². The van der Waals surface area contributed by atoms with Gasteiger partial charge in [0.2, 0.25) is 9.63 Å². The Morgan fingerprint density at radius 1 is 0.829 bits per heavy atom. The molecule has 0 aromatic heterocycles. The number of aliphatic imine (C=N–C) groups is 1. The largest absolute Gasteiger partial charge is 0.337 e. The average Bonchev–Trinajstić information content (AvgIpc) is 3.04. The van der Waals surface area contributed by atoms with E-state index in [4.69, 9.17) is 34.8 Å². The first-order valence-electron chi connectivity index (χ1n) is 10.2. The van der Waals surface area contributed by atoms with Crippen molar-refractivity contribution >= 4 is 101 Å². The van der Waals surface area contributed by atoms with E-state index >= 15 is 0 Å². The molecule has 1 fully saturated rings. The molecule has 0 bridgehead atoms. The van der Waals surface area contributed by atoms with Gasteiger partial charge in [0.1, 0.15) is 0 Å². The number of benzene rings is 3. The Labute approximate surface area is 234 Å². The first-order chi connectivity index (χ1) is 16.6. The molecule has 35 heavy (non-hydrogen) atoms. The van der Waals surface area contributed by atoms with E-state index in [9.17, 15) is 9.59 Å². The fraction of sp³-hybridized carbons (Fsp3) is 0.125. The van der Waals surface area contributed by atoms with E-state index in [1.807, 2.05) is 48.5 Å². The minimum Gasteiger partial charge on any atom is -0.313 e. The van der Waals surface area contributed by atoms with Gasteiger partial charge in [-0.05, 0) is 68.3 Å². The van der Waals surface area contributed by atoms with Crippen molar-refractivity contribution in [1.82, 2.24) is 4.90 Å². The average molecular weight is 660 g/mol. The smallest absolute Gasteiger partial charge is 0.313 e. The van der Waals surface area contributed by atoms with Gasteiger partial charge in [-0.1, -0.05) is 77.3 Å². The van der Waals surface area contributed by atoms with Crippen LogP contribution < -0.4 is 9.80 Å². The number of anilines is 3. The predicted octanol–water partition coefficient (Wildman–Crippen LogP) is 7.54. The molecule has 1 unspecified atom stereocenters. The molecular weight excluding hydrogens is 642 g/mol. The summed E-state index contributed by atoms with van der Waals surface area (Å²) >= 11 is 26.7. The van der Waals surface area contributed by atoms with Gasteiger partial charge in [-0.25, -0.2) is 14.7 Å². The van der Waals surface area contributed by atoms with E-state index < -0.39 is 21.9 Å². The van der Waals surface area contributed by atoms with Crippen molar-refractivity contribution in [1.29, 1.82) is 0 Å². The first kappa shape index (κ1) is 26.0. The number of likely N-dealkylation sites (N-methyl/N-ethyl adjacent to an activating group) is 1. The molecule has 4 rings (SSSR count). The number of amidine groups is 1. The molecule has 11 heteroatoms. The number of urea groups is 1. The molecule has 0 saturated carbocycles. The zero-order chi connectivity index (χ0) is 25.3. The summed E-state index contributed by atoms with van der Waals surface area (Å²) in [5, 5.41) is 0. The third-order valence-corrected chi connectivity index (χ3v) is 7.13. The number of nitrogens with zero attached hydrogens (tertiary/aromatic N) is 4. The Morgan fingerprint density at radius 3 is 1.80 bits per heavy atom. The fourth-order valence-corrected chi connectivity index (χ4v) is 4.97. The summed E-state index contributed by atoms with van der Waals surface area (Å²) in [6, 6.07) is 22.9. The van der Waals surface area contributed by atoms with E-state index in [0.29, 0.717) is 26.0 Å². The van der Waals surface area contributed by atoms with Gasteiger partial charge in [0.15, 0.2) is 6.17 Å². The summed E-state index contributed by atoms with van der Waals surface area (Å²) in [6.07, 6.45) is -1.24. The molecule has 6 nitrogen and oxygen atoms in total. The first-order valence-corrected chi connectivity index (χ1v) is 12.9. The number of para-hydroxylation sites is 3. The molecule has 1 aliphatic heterocycles. The lowest BCUT2D eigenvalue weighted by molar-refractivity contribution is -0.119. The van der Waals surface area contributed by atoms with Gasteiger partial charge >= 0.3 is 6.03 Å². The highest BCUT2D eigenvalue weighted by molar-refractivity contribution is 9.11. The van der Waals surface area contributed by atoms with Crippen molar-refractivity contribution in [3.05, 3.63) is 87.8 Å². The number of hydrogen-bond acceptors (Lipinski definition) is 4. The summed E-state index contributed by atoms with van der Waals surface area (Å²) in [5.74, 6) is -0.776. The highest BCUT2D eigenvalue weighted by Gasteiger charge is 2.46. The minimum atomic E-state index is -2.01. The quantitative estimate of drug-likeness (QED) is 0.210. The maximum Gasteiger partial charge on any atom is 0.337 e. The van der Waals surface area contributed by atoms with Crippen molar-refractivity contribution in [3.63, 3.8) is 0 Å². The molecule has 3 amide bonds. The number of carbonyl (C=O) groups is 2. The lowest BCUT2D eigenvalue weighted by atomic mass is 10.2. The van der Waals surface area contributed by atoms with Gasteiger partial charge in [0.25, 0.3) is 5.91 Å². The number of rotatable bonds is 5. The number of halogens is 5. The second-order valence-corrected chi connectivity index (χ2v) is 11.5. The van der Waals surface area contributed by atoms with Crippen molar-refractivity contribution < 1.29 is 9.59 Å². The van der Waals surface area contributed by atoms with Crippen molar-refractivity contribution in [2.24, 2.45) is 4.99 Å². The normalized spacial score (nSPS) is 16.2. The lowest BCUT2D eigenvalue weighted by Crippen LogP contribution is -2.43. The topological polar surface area (TPSA) is 56.2 Å². The molecule has 1 saturated heterocycles. The van der Waals surface area contributed by atoms with Crippen molar-refractivity contribution in [2.75, 3.05) is 16.8 Å². The predicted molar refractivity (Wildman–Crippen MR) is 149 cm³/mol. The van der Waals surface area contributed by atoms with Crippen LogP contribution in [0.4, 0.5) is 21.9 Å². The van der Waals surface area contributed by atoms with Crippen LogP contribution in [0.25, 0.3) is 0 Å². The molecule has 0 radical (unpaired) electrons. The number of imide groups is 1. The van der Waals surface area contributed by atoms with E-state index in [0.717, 1.165) is 4.90 Å². The molecule has 0 aliphatic carbocycles. The molecule has 180 valence electrons. The Hall–Kier alpha value is -2.10. The molecule has 0 N–H and O–H groups in total. The second-order valence-electron chi connectivity index (χ2n) is 7.46. The van der Waals surface area contributed by atoms with Crippen LogP contribution >= 0.6 is 66.7 Å².